The Morgan fingerprint density at radius 3 is 2.84 bits per heavy atom. The van der Waals surface area contributed by atoms with Crippen LogP contribution in [-0.2, 0) is 0 Å². The third kappa shape index (κ3) is 3.33. The third-order valence-electron chi connectivity index (χ3n) is 5.61. The molecule has 2 saturated heterocycles. The summed E-state index contributed by atoms with van der Waals surface area (Å²) in [5.74, 6) is 1.49. The molecule has 4 rings (SSSR count). The maximum atomic E-state index is 13.2. The van der Waals surface area contributed by atoms with Crippen molar-refractivity contribution >= 4 is 5.91 Å². The zero-order valence-corrected chi connectivity index (χ0v) is 14.8. The number of para-hydroxylation sites is 1. The van der Waals surface area contributed by atoms with Crippen molar-refractivity contribution in [1.82, 2.24) is 20.0 Å². The van der Waals surface area contributed by atoms with Crippen LogP contribution in [0.3, 0.4) is 0 Å². The molecule has 1 aromatic heterocycles. The van der Waals surface area contributed by atoms with Crippen LogP contribution >= 0.6 is 0 Å². The van der Waals surface area contributed by atoms with Crippen molar-refractivity contribution in [1.29, 1.82) is 0 Å². The lowest BCUT2D eigenvalue weighted by atomic mass is 9.84. The summed E-state index contributed by atoms with van der Waals surface area (Å²) < 4.78 is 1.81. The molecule has 1 amide bonds. The van der Waals surface area contributed by atoms with Gasteiger partial charge in [0.2, 0.25) is 0 Å². The maximum Gasteiger partial charge on any atom is 0.256 e. The average Bonchev–Trinajstić information content (AvgIpc) is 3.33. The Kier molecular flexibility index (Phi) is 4.57. The van der Waals surface area contributed by atoms with E-state index in [4.69, 9.17) is 0 Å². The highest BCUT2D eigenvalue weighted by Crippen LogP contribution is 2.29. The van der Waals surface area contributed by atoms with Gasteiger partial charge in [0.1, 0.15) is 0 Å². The molecule has 2 fully saturated rings. The summed E-state index contributed by atoms with van der Waals surface area (Å²) in [4.78, 5) is 15.3. The van der Waals surface area contributed by atoms with Crippen molar-refractivity contribution < 1.29 is 4.79 Å². The molecule has 1 N–H and O–H groups in total. The molecule has 2 aliphatic rings. The van der Waals surface area contributed by atoms with Gasteiger partial charge in [-0.2, -0.15) is 5.10 Å². The number of piperidine rings is 1. The molecule has 5 heteroatoms. The van der Waals surface area contributed by atoms with Gasteiger partial charge in [-0.1, -0.05) is 12.1 Å². The summed E-state index contributed by atoms with van der Waals surface area (Å²) >= 11 is 0. The predicted molar refractivity (Wildman–Crippen MR) is 97.9 cm³/mol. The molecule has 25 heavy (non-hydrogen) atoms. The third-order valence-corrected chi connectivity index (χ3v) is 5.61. The Morgan fingerprint density at radius 1 is 1.20 bits per heavy atom. The van der Waals surface area contributed by atoms with Crippen LogP contribution in [0.4, 0.5) is 0 Å². The minimum atomic E-state index is 0.138. The number of likely N-dealkylation sites (tertiary alicyclic amines) is 1. The van der Waals surface area contributed by atoms with Gasteiger partial charge in [-0.25, -0.2) is 4.68 Å². The molecule has 0 radical (unpaired) electrons. The van der Waals surface area contributed by atoms with Crippen LogP contribution < -0.4 is 5.32 Å². The van der Waals surface area contributed by atoms with Gasteiger partial charge in [0.05, 0.1) is 16.9 Å². The molecular formula is C20H26N4O. The molecule has 5 nitrogen and oxygen atoms in total. The molecule has 2 atom stereocenters. The fourth-order valence-electron chi connectivity index (χ4n) is 4.23. The number of aromatic nitrogens is 2. The van der Waals surface area contributed by atoms with E-state index in [1.807, 2.05) is 48.1 Å². The summed E-state index contributed by atoms with van der Waals surface area (Å²) in [6, 6.07) is 9.77. The second kappa shape index (κ2) is 7.00. The number of benzene rings is 1. The number of nitrogens with zero attached hydrogens (tertiary/aromatic N) is 3. The zero-order valence-electron chi connectivity index (χ0n) is 14.8. The molecule has 2 aliphatic heterocycles. The standard InChI is InChI=1S/C20H26N4O/c1-15-9-12-24(22-15)19-7-3-2-6-18(19)20(25)23-11-4-5-17(14-23)16-8-10-21-13-16/h2-3,6-7,9,12,16-17,21H,4-5,8,10-11,13-14H2,1H3. The van der Waals surface area contributed by atoms with Gasteiger partial charge in [-0.05, 0) is 69.3 Å². The van der Waals surface area contributed by atoms with Crippen molar-refractivity contribution in [2.75, 3.05) is 26.2 Å². The molecule has 2 unspecified atom stereocenters. The van der Waals surface area contributed by atoms with E-state index in [2.05, 4.69) is 15.3 Å². The maximum absolute atomic E-state index is 13.2. The van der Waals surface area contributed by atoms with E-state index in [1.165, 1.54) is 12.8 Å². The van der Waals surface area contributed by atoms with E-state index in [1.54, 1.807) is 0 Å². The fourth-order valence-corrected chi connectivity index (χ4v) is 4.23. The largest absolute Gasteiger partial charge is 0.338 e. The highest BCUT2D eigenvalue weighted by molar-refractivity contribution is 5.97. The van der Waals surface area contributed by atoms with E-state index in [0.29, 0.717) is 5.92 Å². The molecule has 0 spiro atoms. The summed E-state index contributed by atoms with van der Waals surface area (Å²) in [5, 5.41) is 7.95. The number of carbonyl (C=O) groups is 1. The van der Waals surface area contributed by atoms with Crippen LogP contribution in [0.25, 0.3) is 5.69 Å². The lowest BCUT2D eigenvalue weighted by molar-refractivity contribution is 0.0634. The lowest BCUT2D eigenvalue weighted by Crippen LogP contribution is -2.42. The number of hydrogen-bond donors (Lipinski definition) is 1. The van der Waals surface area contributed by atoms with Crippen LogP contribution in [0.5, 0.6) is 0 Å². The van der Waals surface area contributed by atoms with Gasteiger partial charge in [0, 0.05) is 19.3 Å². The van der Waals surface area contributed by atoms with Gasteiger partial charge in [-0.15, -0.1) is 0 Å². The van der Waals surface area contributed by atoms with Crippen molar-refractivity contribution in [3.05, 3.63) is 47.8 Å². The number of rotatable bonds is 3. The monoisotopic (exact) mass is 338 g/mol. The van der Waals surface area contributed by atoms with Crippen LogP contribution in [0, 0.1) is 18.8 Å². The number of amides is 1. The normalized spacial score (nSPS) is 23.8. The smallest absolute Gasteiger partial charge is 0.256 e. The van der Waals surface area contributed by atoms with Crippen LogP contribution in [-0.4, -0.2) is 46.8 Å². The molecular weight excluding hydrogens is 312 g/mol. The van der Waals surface area contributed by atoms with Crippen LogP contribution in [0.1, 0.15) is 35.3 Å². The first-order valence-electron chi connectivity index (χ1n) is 9.34. The van der Waals surface area contributed by atoms with Crippen molar-refractivity contribution in [2.45, 2.75) is 26.2 Å². The minimum absolute atomic E-state index is 0.138. The molecule has 0 bridgehead atoms. The van der Waals surface area contributed by atoms with Crippen molar-refractivity contribution in [2.24, 2.45) is 11.8 Å². The highest BCUT2D eigenvalue weighted by atomic mass is 16.2. The number of aryl methyl sites for hydroxylation is 1. The minimum Gasteiger partial charge on any atom is -0.338 e. The predicted octanol–water partition coefficient (Wildman–Crippen LogP) is 2.64. The summed E-state index contributed by atoms with van der Waals surface area (Å²) in [6.45, 7) is 5.94. The zero-order chi connectivity index (χ0) is 17.2. The van der Waals surface area contributed by atoms with E-state index in [9.17, 15) is 4.79 Å². The summed E-state index contributed by atoms with van der Waals surface area (Å²) in [6.07, 6.45) is 5.52. The summed E-state index contributed by atoms with van der Waals surface area (Å²) in [7, 11) is 0. The van der Waals surface area contributed by atoms with Gasteiger partial charge < -0.3 is 10.2 Å². The average molecular weight is 338 g/mol. The first-order chi connectivity index (χ1) is 12.2. The number of nitrogens with one attached hydrogen (secondary N) is 1. The van der Waals surface area contributed by atoms with E-state index < -0.39 is 0 Å². The second-order valence-electron chi connectivity index (χ2n) is 7.33. The lowest BCUT2D eigenvalue weighted by Gasteiger charge is -2.36. The van der Waals surface area contributed by atoms with E-state index >= 15 is 0 Å². The van der Waals surface area contributed by atoms with Crippen LogP contribution in [0.2, 0.25) is 0 Å². The quantitative estimate of drug-likeness (QED) is 0.936. The van der Waals surface area contributed by atoms with Crippen molar-refractivity contribution in [3.63, 3.8) is 0 Å². The first-order valence-corrected chi connectivity index (χ1v) is 9.34. The topological polar surface area (TPSA) is 50.2 Å². The first kappa shape index (κ1) is 16.3. The van der Waals surface area contributed by atoms with Gasteiger partial charge >= 0.3 is 0 Å². The van der Waals surface area contributed by atoms with Gasteiger partial charge in [-0.3, -0.25) is 4.79 Å². The molecule has 2 aromatic rings. The Balaban J connectivity index is 1.56. The SMILES string of the molecule is Cc1ccn(-c2ccccc2C(=O)N2CCCC(C3CCNC3)C2)n1. The van der Waals surface area contributed by atoms with Crippen LogP contribution in [0.15, 0.2) is 36.5 Å². The van der Waals surface area contributed by atoms with Gasteiger partial charge in [0.15, 0.2) is 0 Å². The Bertz CT molecular complexity index is 748. The van der Waals surface area contributed by atoms with E-state index in [-0.39, 0.29) is 5.91 Å². The fraction of sp³-hybridized carbons (Fsp3) is 0.500. The highest BCUT2D eigenvalue weighted by Gasteiger charge is 2.32. The number of carbonyl (C=O) groups excluding carboxylic acids is 1. The molecule has 1 aromatic carbocycles. The van der Waals surface area contributed by atoms with Gasteiger partial charge in [0.25, 0.3) is 5.91 Å². The Morgan fingerprint density at radius 2 is 2.08 bits per heavy atom. The molecule has 132 valence electrons. The molecule has 0 saturated carbocycles. The molecule has 3 heterocycles. The number of hydrogen-bond acceptors (Lipinski definition) is 3. The summed E-state index contributed by atoms with van der Waals surface area (Å²) in [5.41, 5.74) is 2.56. The van der Waals surface area contributed by atoms with Crippen molar-refractivity contribution in [3.8, 4) is 5.69 Å². The Labute approximate surface area is 149 Å². The second-order valence-corrected chi connectivity index (χ2v) is 7.33. The van der Waals surface area contributed by atoms with E-state index in [0.717, 1.165) is 55.5 Å². The Hall–Kier alpha value is -2.14. The molecule has 0 aliphatic carbocycles.